The molecule has 1 heterocycles. The highest BCUT2D eigenvalue weighted by Gasteiger charge is 2.15. The molecule has 0 aromatic heterocycles. The molecule has 0 aromatic rings. The van der Waals surface area contributed by atoms with Crippen LogP contribution in [0.4, 0.5) is 0 Å². The predicted molar refractivity (Wildman–Crippen MR) is 33.2 cm³/mol. The van der Waals surface area contributed by atoms with Crippen molar-refractivity contribution in [2.24, 2.45) is 0 Å². The van der Waals surface area contributed by atoms with E-state index in [1.165, 1.54) is 6.08 Å². The van der Waals surface area contributed by atoms with Gasteiger partial charge in [0.2, 0.25) is 0 Å². The topological polar surface area (TPSA) is 40.5 Å². The number of hydrogen-bond donors (Lipinski definition) is 1. The number of rotatable bonds is 1. The highest BCUT2D eigenvalue weighted by molar-refractivity contribution is 5.81. The van der Waals surface area contributed by atoms with E-state index in [4.69, 9.17) is 5.11 Å². The van der Waals surface area contributed by atoms with Crippen LogP contribution in [0.1, 0.15) is 0 Å². The molecule has 0 atom stereocenters. The summed E-state index contributed by atoms with van der Waals surface area (Å²) in [5, 5.41) is 8.24. The Kier molecular flexibility index (Phi) is 1.53. The first-order chi connectivity index (χ1) is 4.18. The number of aliphatic carboxylic acids is 1. The van der Waals surface area contributed by atoms with Crippen molar-refractivity contribution in [3.8, 4) is 0 Å². The van der Waals surface area contributed by atoms with Gasteiger partial charge in [-0.1, -0.05) is 0 Å². The first kappa shape index (κ1) is 6.29. The van der Waals surface area contributed by atoms with Crippen molar-refractivity contribution >= 4 is 5.97 Å². The molecule has 0 aromatic carbocycles. The van der Waals surface area contributed by atoms with Crippen molar-refractivity contribution in [2.75, 3.05) is 20.1 Å². The van der Waals surface area contributed by atoms with Gasteiger partial charge in [0.15, 0.2) is 0 Å². The second-order valence-corrected chi connectivity index (χ2v) is 2.31. The van der Waals surface area contributed by atoms with Crippen LogP contribution in [0.25, 0.3) is 0 Å². The van der Waals surface area contributed by atoms with E-state index in [-0.39, 0.29) is 0 Å². The molecule has 1 aliphatic heterocycles. The molecule has 1 fully saturated rings. The Morgan fingerprint density at radius 1 is 1.78 bits per heavy atom. The molecule has 0 bridgehead atoms. The van der Waals surface area contributed by atoms with Crippen molar-refractivity contribution in [2.45, 2.75) is 0 Å². The lowest BCUT2D eigenvalue weighted by molar-refractivity contribution is -0.131. The van der Waals surface area contributed by atoms with E-state index >= 15 is 0 Å². The number of likely N-dealkylation sites (tertiary alicyclic amines) is 1. The molecule has 0 saturated carbocycles. The van der Waals surface area contributed by atoms with Gasteiger partial charge < -0.3 is 5.11 Å². The normalized spacial score (nSPS) is 19.0. The molecule has 50 valence electrons. The molecular weight excluding hydrogens is 118 g/mol. The van der Waals surface area contributed by atoms with Crippen LogP contribution in [-0.2, 0) is 4.79 Å². The molecule has 0 radical (unpaired) electrons. The SMILES string of the molecule is CN1CC(=CC(=O)O)C1. The zero-order valence-corrected chi connectivity index (χ0v) is 5.29. The van der Waals surface area contributed by atoms with Gasteiger partial charge in [0, 0.05) is 19.2 Å². The summed E-state index contributed by atoms with van der Waals surface area (Å²) in [6.45, 7) is 1.62. The molecule has 0 amide bonds. The van der Waals surface area contributed by atoms with Crippen LogP contribution in [-0.4, -0.2) is 36.1 Å². The smallest absolute Gasteiger partial charge is 0.328 e. The van der Waals surface area contributed by atoms with Crippen LogP contribution in [0.3, 0.4) is 0 Å². The highest BCUT2D eigenvalue weighted by atomic mass is 16.4. The van der Waals surface area contributed by atoms with Gasteiger partial charge >= 0.3 is 5.97 Å². The first-order valence-electron chi connectivity index (χ1n) is 2.79. The largest absolute Gasteiger partial charge is 0.478 e. The minimum Gasteiger partial charge on any atom is -0.478 e. The average molecular weight is 127 g/mol. The van der Waals surface area contributed by atoms with E-state index in [2.05, 4.69) is 4.90 Å². The quantitative estimate of drug-likeness (QED) is 0.502. The zero-order valence-electron chi connectivity index (χ0n) is 5.29. The van der Waals surface area contributed by atoms with Crippen molar-refractivity contribution in [3.63, 3.8) is 0 Å². The van der Waals surface area contributed by atoms with Gasteiger partial charge in [-0.3, -0.25) is 4.90 Å². The lowest BCUT2D eigenvalue weighted by Gasteiger charge is -2.29. The lowest BCUT2D eigenvalue weighted by atomic mass is 10.1. The summed E-state index contributed by atoms with van der Waals surface area (Å²) in [4.78, 5) is 12.1. The van der Waals surface area contributed by atoms with Crippen LogP contribution in [0, 0.1) is 0 Å². The summed E-state index contributed by atoms with van der Waals surface area (Å²) < 4.78 is 0. The van der Waals surface area contributed by atoms with Gasteiger partial charge in [-0.15, -0.1) is 0 Å². The fraction of sp³-hybridized carbons (Fsp3) is 0.500. The van der Waals surface area contributed by atoms with E-state index < -0.39 is 5.97 Å². The van der Waals surface area contributed by atoms with Gasteiger partial charge in [0.1, 0.15) is 0 Å². The maximum atomic E-state index is 10.0. The van der Waals surface area contributed by atoms with Crippen molar-refractivity contribution in [1.82, 2.24) is 4.90 Å². The molecule has 1 N–H and O–H groups in total. The molecule has 0 unspecified atom stereocenters. The van der Waals surface area contributed by atoms with Crippen LogP contribution in [0.2, 0.25) is 0 Å². The minimum atomic E-state index is -0.835. The van der Waals surface area contributed by atoms with Crippen molar-refractivity contribution in [3.05, 3.63) is 11.6 Å². The van der Waals surface area contributed by atoms with Gasteiger partial charge in [-0.2, -0.15) is 0 Å². The number of likely N-dealkylation sites (N-methyl/N-ethyl adjacent to an activating group) is 1. The standard InChI is InChI=1S/C6H9NO2/c1-7-3-5(4-7)2-6(8)9/h2H,3-4H2,1H3,(H,8,9). The third kappa shape index (κ3) is 1.54. The van der Waals surface area contributed by atoms with Crippen LogP contribution < -0.4 is 0 Å². The fourth-order valence-electron chi connectivity index (χ4n) is 0.913. The number of carbonyl (C=O) groups is 1. The maximum Gasteiger partial charge on any atom is 0.328 e. The second kappa shape index (κ2) is 2.19. The predicted octanol–water partition coefficient (Wildman–Crippen LogP) is -0.0572. The van der Waals surface area contributed by atoms with E-state index in [0.29, 0.717) is 0 Å². The fourth-order valence-corrected chi connectivity index (χ4v) is 0.913. The Bertz CT molecular complexity index is 154. The van der Waals surface area contributed by atoms with Gasteiger partial charge in [-0.05, 0) is 12.6 Å². The number of carboxylic acid groups (broad SMARTS) is 1. The maximum absolute atomic E-state index is 10.0. The third-order valence-corrected chi connectivity index (χ3v) is 1.27. The van der Waals surface area contributed by atoms with Crippen LogP contribution in [0.15, 0.2) is 11.6 Å². The Hall–Kier alpha value is -0.830. The van der Waals surface area contributed by atoms with Crippen LogP contribution in [0.5, 0.6) is 0 Å². The summed E-state index contributed by atoms with van der Waals surface area (Å²) >= 11 is 0. The minimum absolute atomic E-state index is 0.812. The molecule has 9 heavy (non-hydrogen) atoms. The third-order valence-electron chi connectivity index (χ3n) is 1.27. The van der Waals surface area contributed by atoms with E-state index in [1.807, 2.05) is 7.05 Å². The molecule has 1 aliphatic rings. The molecule has 1 saturated heterocycles. The number of nitrogens with zero attached hydrogens (tertiary/aromatic N) is 1. The van der Waals surface area contributed by atoms with Gasteiger partial charge in [0.25, 0.3) is 0 Å². The van der Waals surface area contributed by atoms with E-state index in [0.717, 1.165) is 18.7 Å². The molecule has 3 heteroatoms. The Labute approximate surface area is 53.6 Å². The van der Waals surface area contributed by atoms with Gasteiger partial charge in [0.05, 0.1) is 0 Å². The summed E-state index contributed by atoms with van der Waals surface area (Å²) in [6, 6.07) is 0. The summed E-state index contributed by atoms with van der Waals surface area (Å²) in [5.74, 6) is -0.835. The highest BCUT2D eigenvalue weighted by Crippen LogP contribution is 2.09. The molecule has 0 aliphatic carbocycles. The van der Waals surface area contributed by atoms with E-state index in [1.54, 1.807) is 0 Å². The molecule has 3 nitrogen and oxygen atoms in total. The summed E-state index contributed by atoms with van der Waals surface area (Å²) in [7, 11) is 1.96. The Morgan fingerprint density at radius 2 is 2.33 bits per heavy atom. The Morgan fingerprint density at radius 3 is 2.67 bits per heavy atom. The summed E-state index contributed by atoms with van der Waals surface area (Å²) in [5.41, 5.74) is 1.00. The number of carboxylic acids is 1. The van der Waals surface area contributed by atoms with Crippen LogP contribution >= 0.6 is 0 Å². The first-order valence-corrected chi connectivity index (χ1v) is 2.79. The Balaban J connectivity index is 2.39. The summed E-state index contributed by atoms with van der Waals surface area (Å²) in [6.07, 6.45) is 1.28. The van der Waals surface area contributed by atoms with Gasteiger partial charge in [-0.25, -0.2) is 4.79 Å². The second-order valence-electron chi connectivity index (χ2n) is 2.31. The monoisotopic (exact) mass is 127 g/mol. The molecule has 1 rings (SSSR count). The molecular formula is C6H9NO2. The molecule has 0 spiro atoms. The number of hydrogen-bond acceptors (Lipinski definition) is 2. The zero-order chi connectivity index (χ0) is 6.85. The average Bonchev–Trinajstić information content (AvgIpc) is 1.60. The van der Waals surface area contributed by atoms with Crippen molar-refractivity contribution < 1.29 is 9.90 Å². The van der Waals surface area contributed by atoms with E-state index in [9.17, 15) is 4.79 Å². The van der Waals surface area contributed by atoms with Crippen molar-refractivity contribution in [1.29, 1.82) is 0 Å². The lowest BCUT2D eigenvalue weighted by Crippen LogP contribution is -2.36.